The van der Waals surface area contributed by atoms with Gasteiger partial charge in [-0.1, -0.05) is 30.4 Å². The van der Waals surface area contributed by atoms with Gasteiger partial charge in [-0.3, -0.25) is 0 Å². The quantitative estimate of drug-likeness (QED) is 0.568. The lowest BCUT2D eigenvalue weighted by Gasteiger charge is -2.02. The van der Waals surface area contributed by atoms with E-state index in [0.29, 0.717) is 20.4 Å². The zero-order valence-corrected chi connectivity index (χ0v) is 13.3. The highest BCUT2D eigenvalue weighted by Crippen LogP contribution is 2.21. The van der Waals surface area contributed by atoms with Crippen LogP contribution in [0, 0.1) is 9.41 Å². The number of rotatable bonds is 3. The van der Waals surface area contributed by atoms with Gasteiger partial charge in [0.25, 0.3) is 0 Å². The summed E-state index contributed by atoms with van der Waals surface area (Å²) in [6, 6.07) is 9.41. The lowest BCUT2D eigenvalue weighted by molar-refractivity contribution is 0.0521. The highest BCUT2D eigenvalue weighted by molar-refractivity contribution is 7.72. The first-order valence-electron chi connectivity index (χ1n) is 6.59. The smallest absolute Gasteiger partial charge is 0.359 e. The molecule has 2 aromatic heterocycles. The van der Waals surface area contributed by atoms with Crippen LogP contribution in [0.4, 0.5) is 0 Å². The topological polar surface area (TPSA) is 75.7 Å². The number of carbonyl (C=O) groups excluding carboxylic acids is 1. The second-order valence-corrected chi connectivity index (χ2v) is 5.26. The Hall–Kier alpha value is -2.32. The Labute approximate surface area is 135 Å². The van der Waals surface area contributed by atoms with Crippen LogP contribution in [0.15, 0.2) is 30.3 Å². The van der Waals surface area contributed by atoms with Gasteiger partial charge in [-0.05, 0) is 31.3 Å². The molecular weight excluding hydrogens is 320 g/mol. The normalized spacial score (nSPS) is 10.8. The molecule has 22 heavy (non-hydrogen) atoms. The average Bonchev–Trinajstić information content (AvgIpc) is 2.88. The predicted molar refractivity (Wildman–Crippen MR) is 87.4 cm³/mol. The Bertz CT molecular complexity index is 956. The van der Waals surface area contributed by atoms with Crippen molar-refractivity contribution in [1.29, 1.82) is 0 Å². The maximum Gasteiger partial charge on any atom is 0.359 e. The number of ether oxygens (including phenoxy) is 1. The molecule has 0 spiro atoms. The Morgan fingerprint density at radius 3 is 2.68 bits per heavy atom. The molecule has 0 radical (unpaired) electrons. The van der Waals surface area contributed by atoms with Crippen molar-refractivity contribution in [2.75, 3.05) is 6.61 Å². The SMILES string of the molecule is CCOC(=O)c1nn(-c2ccccc2)c2[nH]c(=S)[nH]c(=S)c12. The van der Waals surface area contributed by atoms with E-state index in [1.807, 2.05) is 30.3 Å². The van der Waals surface area contributed by atoms with Gasteiger partial charge in [-0.25, -0.2) is 9.48 Å². The molecule has 3 aromatic rings. The van der Waals surface area contributed by atoms with Gasteiger partial charge in [0.15, 0.2) is 10.5 Å². The fourth-order valence-corrected chi connectivity index (χ4v) is 2.71. The lowest BCUT2D eigenvalue weighted by Crippen LogP contribution is -2.07. The fraction of sp³-hybridized carbons (Fsp3) is 0.143. The van der Waals surface area contributed by atoms with Gasteiger partial charge >= 0.3 is 5.97 Å². The zero-order chi connectivity index (χ0) is 15.7. The van der Waals surface area contributed by atoms with Crippen molar-refractivity contribution in [2.45, 2.75) is 6.92 Å². The van der Waals surface area contributed by atoms with Crippen molar-refractivity contribution in [3.63, 3.8) is 0 Å². The van der Waals surface area contributed by atoms with Crippen molar-refractivity contribution in [3.8, 4) is 5.69 Å². The molecule has 112 valence electrons. The van der Waals surface area contributed by atoms with Crippen molar-refractivity contribution < 1.29 is 9.53 Å². The minimum atomic E-state index is -0.521. The molecule has 0 bridgehead atoms. The molecule has 0 aliphatic rings. The van der Waals surface area contributed by atoms with Crippen molar-refractivity contribution in [1.82, 2.24) is 19.7 Å². The fourth-order valence-electron chi connectivity index (χ4n) is 2.15. The number of benzene rings is 1. The van der Waals surface area contributed by atoms with Gasteiger partial charge in [-0.2, -0.15) is 5.10 Å². The van der Waals surface area contributed by atoms with E-state index in [1.54, 1.807) is 11.6 Å². The molecule has 0 atom stereocenters. The van der Waals surface area contributed by atoms with Gasteiger partial charge in [-0.15, -0.1) is 0 Å². The minimum Gasteiger partial charge on any atom is -0.461 e. The third-order valence-corrected chi connectivity index (χ3v) is 3.55. The van der Waals surface area contributed by atoms with E-state index in [-0.39, 0.29) is 12.3 Å². The van der Waals surface area contributed by atoms with Crippen LogP contribution in [0.25, 0.3) is 16.7 Å². The van der Waals surface area contributed by atoms with Gasteiger partial charge in [0, 0.05) is 0 Å². The van der Waals surface area contributed by atoms with Crippen LogP contribution in [0.2, 0.25) is 0 Å². The largest absolute Gasteiger partial charge is 0.461 e. The average molecular weight is 332 g/mol. The number of hydrogen-bond donors (Lipinski definition) is 2. The lowest BCUT2D eigenvalue weighted by atomic mass is 10.3. The molecule has 0 amide bonds. The summed E-state index contributed by atoms with van der Waals surface area (Å²) in [7, 11) is 0. The van der Waals surface area contributed by atoms with E-state index in [9.17, 15) is 4.79 Å². The van der Waals surface area contributed by atoms with Crippen LogP contribution < -0.4 is 0 Å². The van der Waals surface area contributed by atoms with E-state index in [2.05, 4.69) is 15.1 Å². The summed E-state index contributed by atoms with van der Waals surface area (Å²) in [6.07, 6.45) is 0. The Morgan fingerprint density at radius 1 is 1.27 bits per heavy atom. The predicted octanol–water partition coefficient (Wildman–Crippen LogP) is 3.32. The summed E-state index contributed by atoms with van der Waals surface area (Å²) >= 11 is 10.4. The number of fused-ring (bicyclic) bond motifs is 1. The van der Waals surface area contributed by atoms with E-state index < -0.39 is 5.97 Å². The number of aromatic amines is 2. The van der Waals surface area contributed by atoms with E-state index in [4.69, 9.17) is 29.2 Å². The molecule has 1 aromatic carbocycles. The monoisotopic (exact) mass is 332 g/mol. The number of esters is 1. The second kappa shape index (κ2) is 5.82. The Kier molecular flexibility index (Phi) is 3.86. The molecule has 8 heteroatoms. The second-order valence-electron chi connectivity index (χ2n) is 4.45. The molecule has 0 aliphatic heterocycles. The highest BCUT2D eigenvalue weighted by Gasteiger charge is 2.21. The molecule has 2 heterocycles. The number of nitrogens with one attached hydrogen (secondary N) is 2. The first kappa shape index (κ1) is 14.6. The van der Waals surface area contributed by atoms with Crippen LogP contribution in [-0.4, -0.2) is 32.3 Å². The van der Waals surface area contributed by atoms with Crippen molar-refractivity contribution >= 4 is 41.4 Å². The molecule has 0 saturated heterocycles. The van der Waals surface area contributed by atoms with Crippen LogP contribution in [0.3, 0.4) is 0 Å². The number of H-pyrrole nitrogens is 2. The highest BCUT2D eigenvalue weighted by atomic mass is 32.1. The molecule has 0 aliphatic carbocycles. The van der Waals surface area contributed by atoms with Gasteiger partial charge in [0.2, 0.25) is 0 Å². The summed E-state index contributed by atoms with van der Waals surface area (Å²) in [6.45, 7) is 2.00. The van der Waals surface area contributed by atoms with Crippen molar-refractivity contribution in [3.05, 3.63) is 45.4 Å². The van der Waals surface area contributed by atoms with Gasteiger partial charge < -0.3 is 14.7 Å². The maximum atomic E-state index is 12.1. The van der Waals surface area contributed by atoms with Crippen molar-refractivity contribution in [2.24, 2.45) is 0 Å². The maximum absolute atomic E-state index is 12.1. The summed E-state index contributed by atoms with van der Waals surface area (Å²) in [4.78, 5) is 18.0. The number of aromatic nitrogens is 4. The number of para-hydroxylation sites is 1. The van der Waals surface area contributed by atoms with E-state index in [1.165, 1.54) is 0 Å². The Morgan fingerprint density at radius 2 is 2.00 bits per heavy atom. The minimum absolute atomic E-state index is 0.160. The number of nitrogens with zero attached hydrogens (tertiary/aromatic N) is 2. The third kappa shape index (κ3) is 2.46. The van der Waals surface area contributed by atoms with E-state index >= 15 is 0 Å². The molecule has 3 rings (SSSR count). The standard InChI is InChI=1S/C14H12N4O2S2/c1-2-20-13(19)10-9-11(15-14(22)16-12(9)21)18(17-10)8-6-4-3-5-7-8/h3-7H,2H2,1H3,(H2,15,16,21,22). The van der Waals surface area contributed by atoms with Crippen LogP contribution >= 0.6 is 24.4 Å². The van der Waals surface area contributed by atoms with E-state index in [0.717, 1.165) is 5.69 Å². The zero-order valence-electron chi connectivity index (χ0n) is 11.6. The van der Waals surface area contributed by atoms with Crippen LogP contribution in [-0.2, 0) is 4.74 Å². The first-order valence-corrected chi connectivity index (χ1v) is 7.41. The number of carbonyl (C=O) groups is 1. The summed E-state index contributed by atoms with van der Waals surface area (Å²) in [5.41, 5.74) is 1.51. The molecular formula is C14H12N4O2S2. The molecule has 6 nitrogen and oxygen atoms in total. The van der Waals surface area contributed by atoms with Gasteiger partial charge in [0.1, 0.15) is 10.3 Å². The summed E-state index contributed by atoms with van der Waals surface area (Å²) < 4.78 is 7.37. The summed E-state index contributed by atoms with van der Waals surface area (Å²) in [5.74, 6) is -0.521. The molecule has 0 unspecified atom stereocenters. The molecule has 0 saturated carbocycles. The Balaban J connectivity index is 2.37. The first-order chi connectivity index (χ1) is 10.6. The van der Waals surface area contributed by atoms with Crippen LogP contribution in [0.5, 0.6) is 0 Å². The van der Waals surface area contributed by atoms with Gasteiger partial charge in [0.05, 0.1) is 17.7 Å². The number of hydrogen-bond acceptors (Lipinski definition) is 5. The summed E-state index contributed by atoms with van der Waals surface area (Å²) in [5, 5.41) is 4.85. The third-order valence-electron chi connectivity index (χ3n) is 3.04. The van der Waals surface area contributed by atoms with Crippen LogP contribution in [0.1, 0.15) is 17.4 Å². The molecule has 2 N–H and O–H groups in total. The molecule has 0 fully saturated rings.